The average Bonchev–Trinajstić information content (AvgIpc) is 2.82. The number of hydrogen-bond acceptors (Lipinski definition) is 5. The molecule has 0 saturated heterocycles. The van der Waals surface area contributed by atoms with E-state index >= 15 is 0 Å². The third-order valence-corrected chi connectivity index (χ3v) is 6.18. The Labute approximate surface area is 234 Å². The smallest absolute Gasteiger partial charge is 0.246 e. The maximum absolute atomic E-state index is 12.9. The Kier molecular flexibility index (Phi) is 13.6. The van der Waals surface area contributed by atoms with Crippen molar-refractivity contribution in [1.82, 2.24) is 16.0 Å². The fourth-order valence-corrected chi connectivity index (χ4v) is 3.56. The van der Waals surface area contributed by atoms with E-state index in [1.54, 1.807) is 6.92 Å². The van der Waals surface area contributed by atoms with Crippen molar-refractivity contribution in [3.05, 3.63) is 29.8 Å². The normalized spacial score (nSPS) is 13.4. The standard InChI is InChI=1S/C30H50N4O5/c1-20(2)26(34-25(36)15-18-39-19-17-31-24(35)14-16-29(4,5)6)28(38)32-21(3)27(37)33-23-12-10-22(11-13-23)30(7,8)9/h10-13,20-21,26H,14-19H2,1-9H3,(H,31,35)(H,32,38)(H,33,37)(H,34,36)/t21-,26-/m0/s1. The topological polar surface area (TPSA) is 126 Å². The molecule has 39 heavy (non-hydrogen) atoms. The second-order valence-electron chi connectivity index (χ2n) is 12.6. The summed E-state index contributed by atoms with van der Waals surface area (Å²) < 4.78 is 5.45. The lowest BCUT2D eigenvalue weighted by molar-refractivity contribution is -0.132. The molecule has 0 spiro atoms. The predicted octanol–water partition coefficient (Wildman–Crippen LogP) is 3.92. The summed E-state index contributed by atoms with van der Waals surface area (Å²) in [6.07, 6.45) is 1.35. The van der Waals surface area contributed by atoms with Crippen molar-refractivity contribution in [2.45, 2.75) is 99.1 Å². The first-order valence-electron chi connectivity index (χ1n) is 13.8. The minimum Gasteiger partial charge on any atom is -0.379 e. The number of amides is 4. The zero-order chi connectivity index (χ0) is 29.8. The molecule has 0 aliphatic carbocycles. The van der Waals surface area contributed by atoms with Crippen LogP contribution < -0.4 is 21.3 Å². The van der Waals surface area contributed by atoms with E-state index in [-0.39, 0.29) is 47.5 Å². The highest BCUT2D eigenvalue weighted by molar-refractivity contribution is 5.98. The van der Waals surface area contributed by atoms with Crippen molar-refractivity contribution in [2.75, 3.05) is 25.1 Å². The summed E-state index contributed by atoms with van der Waals surface area (Å²) in [4.78, 5) is 49.8. The minimum absolute atomic E-state index is 0.00953. The SMILES string of the molecule is CC(C)[C@H](NC(=O)CCOCCNC(=O)CCC(C)(C)C)C(=O)N[C@@H](C)C(=O)Nc1ccc(C(C)(C)C)cc1. The second kappa shape index (κ2) is 15.6. The lowest BCUT2D eigenvalue weighted by Gasteiger charge is -2.24. The molecule has 2 atom stereocenters. The first-order chi connectivity index (χ1) is 18.0. The Balaban J connectivity index is 2.43. The molecule has 0 saturated carbocycles. The molecule has 0 fully saturated rings. The van der Waals surface area contributed by atoms with Crippen LogP contribution in [-0.4, -0.2) is 55.5 Å². The van der Waals surface area contributed by atoms with Gasteiger partial charge in [0.25, 0.3) is 0 Å². The number of carbonyl (C=O) groups is 4. The number of ether oxygens (including phenoxy) is 1. The number of nitrogens with one attached hydrogen (secondary N) is 4. The van der Waals surface area contributed by atoms with Gasteiger partial charge >= 0.3 is 0 Å². The van der Waals surface area contributed by atoms with Gasteiger partial charge < -0.3 is 26.0 Å². The quantitative estimate of drug-likeness (QED) is 0.263. The van der Waals surface area contributed by atoms with Crippen molar-refractivity contribution < 1.29 is 23.9 Å². The van der Waals surface area contributed by atoms with Crippen molar-refractivity contribution in [3.63, 3.8) is 0 Å². The van der Waals surface area contributed by atoms with Gasteiger partial charge in [-0.15, -0.1) is 0 Å². The van der Waals surface area contributed by atoms with Gasteiger partial charge in [-0.1, -0.05) is 67.5 Å². The van der Waals surface area contributed by atoms with E-state index in [1.165, 1.54) is 0 Å². The second-order valence-corrected chi connectivity index (χ2v) is 12.6. The third kappa shape index (κ3) is 14.1. The van der Waals surface area contributed by atoms with Crippen molar-refractivity contribution in [3.8, 4) is 0 Å². The first-order valence-corrected chi connectivity index (χ1v) is 13.8. The Morgan fingerprint density at radius 2 is 1.41 bits per heavy atom. The van der Waals surface area contributed by atoms with E-state index in [0.717, 1.165) is 12.0 Å². The Morgan fingerprint density at radius 1 is 0.795 bits per heavy atom. The van der Waals surface area contributed by atoms with Gasteiger partial charge in [0.1, 0.15) is 12.1 Å². The lowest BCUT2D eigenvalue weighted by Crippen LogP contribution is -2.53. The van der Waals surface area contributed by atoms with Crippen molar-refractivity contribution in [2.24, 2.45) is 11.3 Å². The van der Waals surface area contributed by atoms with Crippen molar-refractivity contribution >= 4 is 29.3 Å². The number of carbonyl (C=O) groups excluding carboxylic acids is 4. The molecular formula is C30H50N4O5. The molecule has 4 N–H and O–H groups in total. The Morgan fingerprint density at radius 3 is 1.95 bits per heavy atom. The van der Waals surface area contributed by atoms with Crippen LogP contribution in [0.5, 0.6) is 0 Å². The van der Waals surface area contributed by atoms with Gasteiger partial charge in [-0.2, -0.15) is 0 Å². The summed E-state index contributed by atoms with van der Waals surface area (Å²) in [6.45, 7) is 18.7. The lowest BCUT2D eigenvalue weighted by atomic mass is 9.87. The summed E-state index contributed by atoms with van der Waals surface area (Å²) >= 11 is 0. The molecule has 1 rings (SSSR count). The highest BCUT2D eigenvalue weighted by atomic mass is 16.5. The van der Waals surface area contributed by atoms with Crippen LogP contribution in [-0.2, 0) is 29.3 Å². The molecular weight excluding hydrogens is 496 g/mol. The van der Waals surface area contributed by atoms with Crippen LogP contribution in [0.3, 0.4) is 0 Å². The zero-order valence-electron chi connectivity index (χ0n) is 25.3. The molecule has 0 aliphatic heterocycles. The van der Waals surface area contributed by atoms with Gasteiger partial charge in [0, 0.05) is 25.1 Å². The van der Waals surface area contributed by atoms with Gasteiger partial charge in [0.05, 0.1) is 13.2 Å². The van der Waals surface area contributed by atoms with Gasteiger partial charge in [-0.3, -0.25) is 19.2 Å². The number of rotatable bonds is 14. The van der Waals surface area contributed by atoms with E-state index < -0.39 is 18.0 Å². The molecule has 0 heterocycles. The highest BCUT2D eigenvalue weighted by Crippen LogP contribution is 2.23. The summed E-state index contributed by atoms with van der Waals surface area (Å²) in [7, 11) is 0. The van der Waals surface area contributed by atoms with Gasteiger partial charge in [-0.25, -0.2) is 0 Å². The van der Waals surface area contributed by atoms with Gasteiger partial charge in [0.15, 0.2) is 0 Å². The van der Waals surface area contributed by atoms with Crippen LogP contribution in [0.15, 0.2) is 24.3 Å². The fourth-order valence-electron chi connectivity index (χ4n) is 3.56. The Bertz CT molecular complexity index is 946. The van der Waals surface area contributed by atoms with Crippen LogP contribution >= 0.6 is 0 Å². The van der Waals surface area contributed by atoms with Crippen LogP contribution in [0.1, 0.15) is 87.1 Å². The average molecular weight is 547 g/mol. The summed E-state index contributed by atoms with van der Waals surface area (Å²) in [6, 6.07) is 6.04. The zero-order valence-corrected chi connectivity index (χ0v) is 25.3. The van der Waals surface area contributed by atoms with Crippen LogP contribution in [0.25, 0.3) is 0 Å². The number of hydrogen-bond donors (Lipinski definition) is 4. The summed E-state index contributed by atoms with van der Waals surface area (Å²) in [5.41, 5.74) is 1.92. The molecule has 0 bridgehead atoms. The monoisotopic (exact) mass is 546 g/mol. The molecule has 1 aromatic carbocycles. The minimum atomic E-state index is -0.792. The maximum Gasteiger partial charge on any atom is 0.246 e. The van der Waals surface area contributed by atoms with E-state index in [2.05, 4.69) is 62.8 Å². The van der Waals surface area contributed by atoms with E-state index in [9.17, 15) is 19.2 Å². The maximum atomic E-state index is 12.9. The van der Waals surface area contributed by atoms with E-state index in [1.807, 2.05) is 38.1 Å². The van der Waals surface area contributed by atoms with Crippen LogP contribution in [0.4, 0.5) is 5.69 Å². The summed E-state index contributed by atoms with van der Waals surface area (Å²) in [5, 5.41) is 11.1. The Hall–Kier alpha value is -2.94. The highest BCUT2D eigenvalue weighted by Gasteiger charge is 2.27. The molecule has 0 unspecified atom stereocenters. The fraction of sp³-hybridized carbons (Fsp3) is 0.667. The molecule has 0 aliphatic rings. The van der Waals surface area contributed by atoms with Crippen LogP contribution in [0.2, 0.25) is 0 Å². The summed E-state index contributed by atoms with van der Waals surface area (Å²) in [5.74, 6) is -1.30. The van der Waals surface area contributed by atoms with E-state index in [4.69, 9.17) is 4.74 Å². The third-order valence-electron chi connectivity index (χ3n) is 6.18. The molecule has 220 valence electrons. The molecule has 1 aromatic rings. The number of benzene rings is 1. The first kappa shape index (κ1) is 34.1. The van der Waals surface area contributed by atoms with Crippen molar-refractivity contribution in [1.29, 1.82) is 0 Å². The molecule has 0 aromatic heterocycles. The van der Waals surface area contributed by atoms with Crippen LogP contribution in [0, 0.1) is 11.3 Å². The predicted molar refractivity (Wildman–Crippen MR) is 155 cm³/mol. The number of anilines is 1. The van der Waals surface area contributed by atoms with E-state index in [0.29, 0.717) is 25.3 Å². The van der Waals surface area contributed by atoms with Gasteiger partial charge in [0.2, 0.25) is 23.6 Å². The molecule has 4 amide bonds. The largest absolute Gasteiger partial charge is 0.379 e. The molecule has 0 radical (unpaired) electrons. The van der Waals surface area contributed by atoms with Gasteiger partial charge in [-0.05, 0) is 47.8 Å². The molecule has 9 heteroatoms. The molecule has 9 nitrogen and oxygen atoms in total.